The van der Waals surface area contributed by atoms with Crippen molar-refractivity contribution in [3.05, 3.63) is 47.5 Å². The van der Waals surface area contributed by atoms with Crippen molar-refractivity contribution in [3.8, 4) is 11.5 Å². The van der Waals surface area contributed by atoms with Crippen LogP contribution in [0.1, 0.15) is 75.3 Å². The number of hydrogen-bond donors (Lipinski definition) is 4. The second-order valence-corrected chi connectivity index (χ2v) is 13.1. The molecule has 0 heterocycles. The number of phenols is 2. The number of aryl methyl sites for hydroxylation is 2. The first-order valence-electron chi connectivity index (χ1n) is 12.6. The maximum absolute atomic E-state index is 12.2. The van der Waals surface area contributed by atoms with Crippen molar-refractivity contribution in [1.82, 2.24) is 0 Å². The van der Waals surface area contributed by atoms with Crippen molar-refractivity contribution in [2.75, 3.05) is 20.9 Å². The number of nitrogens with one attached hydrogen (secondary N) is 2. The maximum Gasteiger partial charge on any atom is 0.232 e. The highest BCUT2D eigenvalue weighted by Crippen LogP contribution is 2.26. The number of sulfonamides is 2. The molecule has 0 radical (unpaired) electrons. The number of unbranched alkanes of at least 4 members (excludes halogenated alkanes) is 9. The SMILES string of the molecule is Cc1ccc(O)c(NS(=O)(=O)CCCCCCCCCCCCS(=O)(=O)Nc2cc(C)ccc2O)c1. The standard InChI is InChI=1S/C26H40N2O6S2/c1-21-13-15-25(29)23(19-21)27-35(31,32)17-11-9-7-5-3-4-6-8-10-12-18-36(33,34)28-24-20-22(2)14-16-26(24)30/h13-16,19-20,27-30H,3-12,17-18H2,1-2H3. The molecule has 0 aliphatic rings. The van der Waals surface area contributed by atoms with Crippen molar-refractivity contribution in [2.45, 2.75) is 78.1 Å². The van der Waals surface area contributed by atoms with Crippen LogP contribution in [0.25, 0.3) is 0 Å². The Balaban J connectivity index is 1.49. The van der Waals surface area contributed by atoms with E-state index in [1.165, 1.54) is 12.1 Å². The summed E-state index contributed by atoms with van der Waals surface area (Å²) in [5.74, 6) is -0.0986. The van der Waals surface area contributed by atoms with Crippen LogP contribution in [-0.4, -0.2) is 38.6 Å². The maximum atomic E-state index is 12.2. The third-order valence-electron chi connectivity index (χ3n) is 5.91. The van der Waals surface area contributed by atoms with Crippen LogP contribution in [0.3, 0.4) is 0 Å². The van der Waals surface area contributed by atoms with Crippen LogP contribution in [0.5, 0.6) is 11.5 Å². The summed E-state index contributed by atoms with van der Waals surface area (Å²) in [4.78, 5) is 0. The Morgan fingerprint density at radius 3 is 1.19 bits per heavy atom. The lowest BCUT2D eigenvalue weighted by atomic mass is 10.1. The van der Waals surface area contributed by atoms with Crippen molar-refractivity contribution < 1.29 is 27.0 Å². The minimum Gasteiger partial charge on any atom is -0.506 e. The Hall–Kier alpha value is -2.46. The summed E-state index contributed by atoms with van der Waals surface area (Å²) in [7, 11) is -6.97. The second-order valence-electron chi connectivity index (χ2n) is 9.42. The fourth-order valence-electron chi connectivity index (χ4n) is 3.90. The number of anilines is 2. The summed E-state index contributed by atoms with van der Waals surface area (Å²) in [6.45, 7) is 3.67. The van der Waals surface area contributed by atoms with E-state index < -0.39 is 20.0 Å². The molecule has 0 atom stereocenters. The summed E-state index contributed by atoms with van der Waals surface area (Å²) in [6.07, 6.45) is 9.01. The average molecular weight is 541 g/mol. The molecule has 8 nitrogen and oxygen atoms in total. The van der Waals surface area contributed by atoms with Gasteiger partial charge in [0, 0.05) is 0 Å². The Kier molecular flexibility index (Phi) is 11.8. The molecular weight excluding hydrogens is 500 g/mol. The van der Waals surface area contributed by atoms with Crippen LogP contribution in [-0.2, 0) is 20.0 Å². The molecule has 0 amide bonds. The Morgan fingerprint density at radius 1 is 0.556 bits per heavy atom. The van der Waals surface area contributed by atoms with E-state index in [-0.39, 0.29) is 34.4 Å². The summed E-state index contributed by atoms with van der Waals surface area (Å²) < 4.78 is 53.8. The first-order chi connectivity index (χ1) is 17.0. The first kappa shape index (κ1) is 29.8. The third kappa shape index (κ3) is 11.5. The van der Waals surface area contributed by atoms with Gasteiger partial charge >= 0.3 is 0 Å². The minimum absolute atomic E-state index is 0.0294. The molecule has 0 unspecified atom stereocenters. The van der Waals surface area contributed by atoms with E-state index in [0.717, 1.165) is 62.5 Å². The molecule has 2 rings (SSSR count). The average Bonchev–Trinajstić information content (AvgIpc) is 2.79. The van der Waals surface area contributed by atoms with Crippen molar-refractivity contribution in [1.29, 1.82) is 0 Å². The highest BCUT2D eigenvalue weighted by atomic mass is 32.2. The summed E-state index contributed by atoms with van der Waals surface area (Å²) in [6, 6.07) is 9.61. The molecular formula is C26H40N2O6S2. The largest absolute Gasteiger partial charge is 0.506 e. The smallest absolute Gasteiger partial charge is 0.232 e. The van der Waals surface area contributed by atoms with Gasteiger partial charge in [-0.25, -0.2) is 16.8 Å². The number of aromatic hydroxyl groups is 2. The van der Waals surface area contributed by atoms with E-state index in [0.29, 0.717) is 12.8 Å². The molecule has 0 aliphatic carbocycles. The molecule has 10 heteroatoms. The fraction of sp³-hybridized carbons (Fsp3) is 0.538. The normalized spacial score (nSPS) is 11.9. The van der Waals surface area contributed by atoms with Gasteiger partial charge in [0.2, 0.25) is 20.0 Å². The van der Waals surface area contributed by atoms with Gasteiger partial charge in [0.25, 0.3) is 0 Å². The zero-order valence-corrected chi connectivity index (χ0v) is 22.9. The van der Waals surface area contributed by atoms with Gasteiger partial charge in [-0.1, -0.05) is 63.5 Å². The predicted molar refractivity (Wildman–Crippen MR) is 147 cm³/mol. The van der Waals surface area contributed by atoms with Crippen molar-refractivity contribution in [2.24, 2.45) is 0 Å². The number of rotatable bonds is 17. The monoisotopic (exact) mass is 540 g/mol. The molecule has 202 valence electrons. The Morgan fingerprint density at radius 2 is 0.861 bits per heavy atom. The quantitative estimate of drug-likeness (QED) is 0.148. The van der Waals surface area contributed by atoms with E-state index in [4.69, 9.17) is 0 Å². The van der Waals surface area contributed by atoms with Crippen LogP contribution in [0.15, 0.2) is 36.4 Å². The molecule has 0 spiro atoms. The van der Waals surface area contributed by atoms with E-state index in [2.05, 4.69) is 9.44 Å². The fourth-order valence-corrected chi connectivity index (χ4v) is 6.27. The second kappa shape index (κ2) is 14.3. The van der Waals surface area contributed by atoms with Gasteiger partial charge in [-0.15, -0.1) is 0 Å². The molecule has 0 saturated carbocycles. The third-order valence-corrected chi connectivity index (χ3v) is 8.63. The van der Waals surface area contributed by atoms with Crippen LogP contribution in [0.4, 0.5) is 11.4 Å². The lowest BCUT2D eigenvalue weighted by molar-refractivity contribution is 0.477. The highest BCUT2D eigenvalue weighted by molar-refractivity contribution is 7.92. The summed E-state index contributed by atoms with van der Waals surface area (Å²) in [5, 5.41) is 19.6. The van der Waals surface area contributed by atoms with Gasteiger partial charge in [-0.05, 0) is 62.1 Å². The van der Waals surface area contributed by atoms with Gasteiger partial charge in [0.05, 0.1) is 22.9 Å². The zero-order valence-electron chi connectivity index (χ0n) is 21.3. The summed E-state index contributed by atoms with van der Waals surface area (Å²) >= 11 is 0. The van der Waals surface area contributed by atoms with Crippen LogP contribution in [0.2, 0.25) is 0 Å². The predicted octanol–water partition coefficient (Wildman–Crippen LogP) is 5.80. The highest BCUT2D eigenvalue weighted by Gasteiger charge is 2.14. The molecule has 0 bridgehead atoms. The molecule has 2 aromatic rings. The van der Waals surface area contributed by atoms with Gasteiger partial charge in [0.1, 0.15) is 11.5 Å². The van der Waals surface area contributed by atoms with E-state index in [1.54, 1.807) is 24.3 Å². The van der Waals surface area contributed by atoms with Gasteiger partial charge in [-0.3, -0.25) is 9.44 Å². The number of hydrogen-bond acceptors (Lipinski definition) is 6. The number of benzene rings is 2. The Labute approximate surface area is 216 Å². The molecule has 0 saturated heterocycles. The molecule has 0 aliphatic heterocycles. The first-order valence-corrected chi connectivity index (χ1v) is 15.9. The molecule has 4 N–H and O–H groups in total. The van der Waals surface area contributed by atoms with Crippen LogP contribution >= 0.6 is 0 Å². The van der Waals surface area contributed by atoms with Gasteiger partial charge in [-0.2, -0.15) is 0 Å². The van der Waals surface area contributed by atoms with E-state index in [9.17, 15) is 27.0 Å². The molecule has 36 heavy (non-hydrogen) atoms. The van der Waals surface area contributed by atoms with Gasteiger partial charge in [0.15, 0.2) is 0 Å². The van der Waals surface area contributed by atoms with Crippen molar-refractivity contribution >= 4 is 31.4 Å². The lowest BCUT2D eigenvalue weighted by Gasteiger charge is -2.10. The van der Waals surface area contributed by atoms with E-state index in [1.807, 2.05) is 13.8 Å². The molecule has 0 fully saturated rings. The van der Waals surface area contributed by atoms with Crippen LogP contribution in [0, 0.1) is 13.8 Å². The van der Waals surface area contributed by atoms with Crippen molar-refractivity contribution in [3.63, 3.8) is 0 Å². The zero-order chi connectivity index (χ0) is 26.6. The topological polar surface area (TPSA) is 133 Å². The summed E-state index contributed by atoms with van der Waals surface area (Å²) in [5.41, 5.74) is 2.17. The lowest BCUT2D eigenvalue weighted by Crippen LogP contribution is -2.16. The van der Waals surface area contributed by atoms with Gasteiger partial charge < -0.3 is 10.2 Å². The van der Waals surface area contributed by atoms with E-state index >= 15 is 0 Å². The number of phenolic OH excluding ortho intramolecular Hbond substituents is 2. The minimum atomic E-state index is -3.49. The molecule has 0 aromatic heterocycles. The Bertz CT molecular complexity index is 1090. The molecule has 2 aromatic carbocycles. The van der Waals surface area contributed by atoms with Crippen LogP contribution < -0.4 is 9.44 Å².